The highest BCUT2D eigenvalue weighted by Gasteiger charge is 2.25. The zero-order chi connectivity index (χ0) is 22.7. The second-order valence-corrected chi connectivity index (χ2v) is 10.1. The fraction of sp³-hybridized carbons (Fsp3) is 0.375. The van der Waals surface area contributed by atoms with Crippen molar-refractivity contribution in [1.82, 2.24) is 4.90 Å². The molecule has 0 radical (unpaired) electrons. The number of nitrogens with zero attached hydrogens (tertiary/aromatic N) is 4. The molecule has 4 rings (SSSR count). The molecule has 2 aromatic carbocycles. The highest BCUT2D eigenvalue weighted by atomic mass is 32.2. The molecule has 0 aromatic heterocycles. The zero-order valence-corrected chi connectivity index (χ0v) is 18.9. The molecule has 4 nitrogen and oxygen atoms in total. The van der Waals surface area contributed by atoms with Gasteiger partial charge in [0.1, 0.15) is 11.5 Å². The predicted octanol–water partition coefficient (Wildman–Crippen LogP) is 5.36. The molecule has 2 aliphatic rings. The van der Waals surface area contributed by atoms with Crippen LogP contribution >= 0.6 is 10.7 Å². The van der Waals surface area contributed by atoms with Gasteiger partial charge in [0.2, 0.25) is 0 Å². The van der Waals surface area contributed by atoms with E-state index in [1.807, 2.05) is 30.3 Å². The Morgan fingerprint density at radius 2 is 1.84 bits per heavy atom. The quantitative estimate of drug-likeness (QED) is 0.521. The van der Waals surface area contributed by atoms with Crippen molar-refractivity contribution in [3.63, 3.8) is 0 Å². The second-order valence-electron chi connectivity index (χ2n) is 8.20. The maximum atomic E-state index is 15.1. The van der Waals surface area contributed by atoms with E-state index in [1.54, 1.807) is 12.1 Å². The summed E-state index contributed by atoms with van der Waals surface area (Å²) in [6, 6.07) is 14.8. The van der Waals surface area contributed by atoms with Crippen molar-refractivity contribution in [2.75, 3.05) is 24.4 Å². The highest BCUT2D eigenvalue weighted by molar-refractivity contribution is 8.15. The van der Waals surface area contributed by atoms with Crippen LogP contribution in [0.2, 0.25) is 0 Å². The Labute approximate surface area is 189 Å². The third-order valence-corrected chi connectivity index (χ3v) is 8.12. The number of anilines is 1. The van der Waals surface area contributed by atoms with Crippen LogP contribution in [0.4, 0.5) is 18.9 Å². The van der Waals surface area contributed by atoms with E-state index < -0.39 is 6.43 Å². The van der Waals surface area contributed by atoms with Crippen LogP contribution in [-0.4, -0.2) is 54.0 Å². The first kappa shape index (κ1) is 22.7. The van der Waals surface area contributed by atoms with Crippen LogP contribution in [0.5, 0.6) is 0 Å². The van der Waals surface area contributed by atoms with Gasteiger partial charge in [0.05, 0.1) is 12.3 Å². The molecule has 2 aromatic rings. The van der Waals surface area contributed by atoms with Gasteiger partial charge in [0.25, 0.3) is 6.43 Å². The minimum Gasteiger partial charge on any atom is -0.318 e. The maximum Gasteiger partial charge on any atom is 0.278 e. The third-order valence-electron chi connectivity index (χ3n) is 5.98. The van der Waals surface area contributed by atoms with E-state index in [0.29, 0.717) is 28.6 Å². The summed E-state index contributed by atoms with van der Waals surface area (Å²) in [6.45, 7) is 2.47. The lowest BCUT2D eigenvalue weighted by atomic mass is 10.0. The number of halogens is 3. The lowest BCUT2D eigenvalue weighted by Crippen LogP contribution is -2.34. The molecule has 2 aliphatic heterocycles. The van der Waals surface area contributed by atoms with Crippen molar-refractivity contribution in [1.29, 1.82) is 0 Å². The molecule has 8 heteroatoms. The Morgan fingerprint density at radius 3 is 2.47 bits per heavy atom. The number of alkyl halides is 2. The average Bonchev–Trinajstić information content (AvgIpc) is 3.30. The summed E-state index contributed by atoms with van der Waals surface area (Å²) < 4.78 is 43.0. The number of para-hydroxylation sites is 1. The molecule has 2 heterocycles. The molecular formula is C24H27F3N4S. The summed E-state index contributed by atoms with van der Waals surface area (Å²) in [4.78, 5) is 2.33. The topological polar surface area (TPSA) is 31.2 Å². The van der Waals surface area contributed by atoms with Gasteiger partial charge in [-0.3, -0.25) is 0 Å². The van der Waals surface area contributed by atoms with Crippen molar-refractivity contribution in [3.8, 4) is 0 Å². The first-order valence-corrected chi connectivity index (χ1v) is 12.1. The lowest BCUT2D eigenvalue weighted by molar-refractivity contribution is 0.224. The van der Waals surface area contributed by atoms with E-state index >= 15 is 4.39 Å². The van der Waals surface area contributed by atoms with Crippen LogP contribution < -0.4 is 4.31 Å². The first-order chi connectivity index (χ1) is 15.4. The molecule has 0 saturated carbocycles. The Balaban J connectivity index is 1.54. The lowest BCUT2D eigenvalue weighted by Gasteiger charge is -2.37. The summed E-state index contributed by atoms with van der Waals surface area (Å²) >= 11 is 0. The van der Waals surface area contributed by atoms with Gasteiger partial charge in [-0.05, 0) is 51.2 Å². The van der Waals surface area contributed by atoms with E-state index in [-0.39, 0.29) is 28.6 Å². The minimum atomic E-state index is -2.64. The molecule has 170 valence electrons. The van der Waals surface area contributed by atoms with Gasteiger partial charge in [-0.25, -0.2) is 13.2 Å². The van der Waals surface area contributed by atoms with E-state index in [1.165, 1.54) is 6.07 Å². The molecule has 0 N–H and O–H groups in total. The molecule has 1 saturated heterocycles. The van der Waals surface area contributed by atoms with Crippen LogP contribution in [0.3, 0.4) is 0 Å². The summed E-state index contributed by atoms with van der Waals surface area (Å²) in [5, 5.41) is 7.80. The number of rotatable bonds is 7. The predicted molar refractivity (Wildman–Crippen MR) is 129 cm³/mol. The fourth-order valence-electron chi connectivity index (χ4n) is 4.00. The van der Waals surface area contributed by atoms with E-state index in [2.05, 4.69) is 32.3 Å². The summed E-state index contributed by atoms with van der Waals surface area (Å²) in [6.07, 6.45) is -0.555. The smallest absolute Gasteiger partial charge is 0.278 e. The number of likely N-dealkylation sites (tertiary alicyclic amines) is 1. The van der Waals surface area contributed by atoms with Gasteiger partial charge < -0.3 is 9.21 Å². The van der Waals surface area contributed by atoms with Crippen LogP contribution in [0.1, 0.15) is 30.4 Å². The Hall–Kier alpha value is -2.45. The second kappa shape index (κ2) is 10.0. The molecule has 0 bridgehead atoms. The molecule has 0 aliphatic carbocycles. The van der Waals surface area contributed by atoms with Gasteiger partial charge in [0.15, 0.2) is 0 Å². The highest BCUT2D eigenvalue weighted by Crippen LogP contribution is 2.37. The van der Waals surface area contributed by atoms with Gasteiger partial charge in [-0.2, -0.15) is 10.2 Å². The first-order valence-electron chi connectivity index (χ1n) is 10.7. The fourth-order valence-corrected chi connectivity index (χ4v) is 5.81. The summed E-state index contributed by atoms with van der Waals surface area (Å²) in [7, 11) is 1.81. The largest absolute Gasteiger partial charge is 0.318 e. The van der Waals surface area contributed by atoms with Crippen molar-refractivity contribution in [3.05, 3.63) is 65.5 Å². The molecule has 0 amide bonds. The molecular weight excluding hydrogens is 433 g/mol. The van der Waals surface area contributed by atoms with E-state index in [0.717, 1.165) is 31.6 Å². The van der Waals surface area contributed by atoms with E-state index in [9.17, 15) is 8.78 Å². The van der Waals surface area contributed by atoms with Crippen LogP contribution in [-0.2, 0) is 6.54 Å². The van der Waals surface area contributed by atoms with Crippen molar-refractivity contribution >= 4 is 33.7 Å². The minimum absolute atomic E-state index is 0.0505. The summed E-state index contributed by atoms with van der Waals surface area (Å²) in [5.74, 6) is 4.12. The molecule has 32 heavy (non-hydrogen) atoms. The molecule has 1 fully saturated rings. The van der Waals surface area contributed by atoms with Crippen LogP contribution in [0, 0.1) is 5.82 Å². The van der Waals surface area contributed by atoms with Crippen molar-refractivity contribution < 1.29 is 13.2 Å². The summed E-state index contributed by atoms with van der Waals surface area (Å²) in [5.41, 5.74) is 2.14. The van der Waals surface area contributed by atoms with Crippen molar-refractivity contribution in [2.24, 2.45) is 10.2 Å². The molecule has 1 unspecified atom stereocenters. The average molecular weight is 461 g/mol. The zero-order valence-electron chi connectivity index (χ0n) is 18.1. The van der Waals surface area contributed by atoms with Crippen molar-refractivity contribution in [2.45, 2.75) is 37.5 Å². The molecule has 1 atom stereocenters. The van der Waals surface area contributed by atoms with Crippen LogP contribution in [0.15, 0.2) is 58.7 Å². The number of piperidine rings is 1. The monoisotopic (exact) mass is 460 g/mol. The van der Waals surface area contributed by atoms with Gasteiger partial charge in [-0.15, -0.1) is 0 Å². The van der Waals surface area contributed by atoms with Gasteiger partial charge in [-0.1, -0.05) is 46.9 Å². The normalized spacial score (nSPS) is 18.5. The van der Waals surface area contributed by atoms with Crippen LogP contribution in [0.25, 0.3) is 0 Å². The Bertz CT molecular complexity index is 1030. The third kappa shape index (κ3) is 5.13. The van der Waals surface area contributed by atoms with Gasteiger partial charge in [0, 0.05) is 28.5 Å². The Morgan fingerprint density at radius 1 is 1.12 bits per heavy atom. The SMILES string of the molecule is C=S(C1CCN(C)CC1)N(Cc1ccc(C2=NN=C(C(F)F)C2)cc1F)c1ccccc1. The van der Waals surface area contributed by atoms with E-state index in [4.69, 9.17) is 0 Å². The number of hydrogen-bond donors (Lipinski definition) is 0. The van der Waals surface area contributed by atoms with Gasteiger partial charge >= 0.3 is 0 Å². The standard InChI is InChI=1S/C24H27F3N4S/c1-30-12-10-20(11-13-30)32(2)31(19-6-4-3-5-7-19)16-18-9-8-17(14-21(18)25)22-15-23(24(26)27)29-28-22/h3-9,14,20,24H,2,10-13,15-16H2,1H3. The molecule has 0 spiro atoms. The number of benzene rings is 2. The number of hydrogen-bond acceptors (Lipinski definition) is 4. The maximum absolute atomic E-state index is 15.1. The Kier molecular flexibility index (Phi) is 7.10.